The van der Waals surface area contributed by atoms with E-state index in [1.54, 1.807) is 53.6 Å². The third-order valence-corrected chi connectivity index (χ3v) is 9.54. The molecule has 0 bridgehead atoms. The number of benzene rings is 4. The second-order valence-electron chi connectivity index (χ2n) is 10.3. The van der Waals surface area contributed by atoms with E-state index in [4.69, 9.17) is 37.7 Å². The number of hydrogen-bond donors (Lipinski definition) is 0. The molecule has 0 radical (unpaired) electrons. The van der Waals surface area contributed by atoms with Gasteiger partial charge in [0.1, 0.15) is 12.4 Å². The molecule has 1 atom stereocenters. The molecule has 6 nitrogen and oxygen atoms in total. The smallest absolute Gasteiger partial charge is 0.338 e. The highest BCUT2D eigenvalue weighted by Crippen LogP contribution is 2.36. The van der Waals surface area contributed by atoms with Gasteiger partial charge in [0, 0.05) is 26.1 Å². The zero-order chi connectivity index (χ0) is 32.2. The maximum atomic E-state index is 14.3. The second kappa shape index (κ2) is 14.1. The third kappa shape index (κ3) is 6.71. The summed E-state index contributed by atoms with van der Waals surface area (Å²) in [6.45, 7) is 2.22. The first-order valence-electron chi connectivity index (χ1n) is 14.5. The van der Waals surface area contributed by atoms with Crippen LogP contribution in [0.15, 0.2) is 117 Å². The van der Waals surface area contributed by atoms with Crippen molar-refractivity contribution in [1.82, 2.24) is 4.57 Å². The van der Waals surface area contributed by atoms with Crippen LogP contribution >= 0.6 is 46.3 Å². The Morgan fingerprint density at radius 1 is 0.978 bits per heavy atom. The minimum Gasteiger partial charge on any atom is -0.488 e. The molecule has 0 saturated carbocycles. The summed E-state index contributed by atoms with van der Waals surface area (Å²) in [6, 6.07) is 29.3. The molecule has 0 fully saturated rings. The highest BCUT2D eigenvalue weighted by molar-refractivity contribution is 7.98. The van der Waals surface area contributed by atoms with Gasteiger partial charge in [-0.2, -0.15) is 0 Å². The van der Waals surface area contributed by atoms with Crippen LogP contribution in [0.5, 0.6) is 5.75 Å². The van der Waals surface area contributed by atoms with E-state index >= 15 is 0 Å². The van der Waals surface area contributed by atoms with Crippen LogP contribution in [0.3, 0.4) is 0 Å². The van der Waals surface area contributed by atoms with Crippen LogP contribution < -0.4 is 19.6 Å². The van der Waals surface area contributed by atoms with Crippen molar-refractivity contribution < 1.29 is 14.3 Å². The Balaban J connectivity index is 1.54. The van der Waals surface area contributed by atoms with E-state index in [1.165, 1.54) is 11.3 Å². The molecule has 1 aliphatic rings. The van der Waals surface area contributed by atoms with Gasteiger partial charge in [-0.1, -0.05) is 89.1 Å². The van der Waals surface area contributed by atoms with Gasteiger partial charge in [-0.05, 0) is 72.8 Å². The van der Waals surface area contributed by atoms with Crippen LogP contribution in [0, 0.1) is 0 Å². The van der Waals surface area contributed by atoms with Gasteiger partial charge in [-0.15, -0.1) is 11.8 Å². The van der Waals surface area contributed by atoms with Crippen LogP contribution in [-0.2, 0) is 16.1 Å². The molecule has 1 aromatic heterocycles. The Bertz CT molecular complexity index is 2120. The molecule has 232 valence electrons. The average Bonchev–Trinajstić information content (AvgIpc) is 3.38. The summed E-state index contributed by atoms with van der Waals surface area (Å²) in [5.41, 5.74) is 3.54. The molecular formula is C36H28Cl2N2O4S2. The molecular weight excluding hydrogens is 659 g/mol. The maximum Gasteiger partial charge on any atom is 0.338 e. The molecule has 0 amide bonds. The van der Waals surface area contributed by atoms with Crippen molar-refractivity contribution in [3.8, 4) is 5.75 Å². The molecule has 6 rings (SSSR count). The van der Waals surface area contributed by atoms with Crippen LogP contribution in [0.25, 0.3) is 11.8 Å². The molecule has 0 N–H and O–H groups in total. The Kier molecular flexibility index (Phi) is 9.80. The molecule has 10 heteroatoms. The minimum absolute atomic E-state index is 0.180. The summed E-state index contributed by atoms with van der Waals surface area (Å²) in [5.74, 6) is 0.0291. The monoisotopic (exact) mass is 686 g/mol. The lowest BCUT2D eigenvalue weighted by Crippen LogP contribution is -2.40. The van der Waals surface area contributed by atoms with E-state index in [9.17, 15) is 9.59 Å². The van der Waals surface area contributed by atoms with Gasteiger partial charge in [0.2, 0.25) is 0 Å². The van der Waals surface area contributed by atoms with Gasteiger partial charge in [-0.3, -0.25) is 9.36 Å². The zero-order valence-corrected chi connectivity index (χ0v) is 28.1. The van der Waals surface area contributed by atoms with Gasteiger partial charge in [-0.25, -0.2) is 9.79 Å². The van der Waals surface area contributed by atoms with Crippen molar-refractivity contribution >= 4 is 64.0 Å². The third-order valence-electron chi connectivity index (χ3n) is 7.35. The van der Waals surface area contributed by atoms with Crippen molar-refractivity contribution in [3.05, 3.63) is 155 Å². The van der Waals surface area contributed by atoms with Crippen LogP contribution in [0.4, 0.5) is 0 Å². The zero-order valence-electron chi connectivity index (χ0n) is 24.9. The lowest BCUT2D eigenvalue weighted by molar-refractivity contribution is -0.138. The predicted octanol–water partition coefficient (Wildman–Crippen LogP) is 7.54. The fourth-order valence-electron chi connectivity index (χ4n) is 5.23. The molecule has 5 aromatic rings. The Labute approximate surface area is 284 Å². The van der Waals surface area contributed by atoms with E-state index in [0.717, 1.165) is 21.6 Å². The number of halogens is 2. The standard InChI is InChI=1S/C36H28Cl2N2O4S2/c1-3-43-35(42)31-32(23-9-5-4-6-10-23)39-36-40(33(31)24-12-15-28(45-2)16-13-24)34(41)30(46-36)20-25-19-27(38)14-17-29(25)44-21-22-8-7-11-26(37)18-22/h4-20,33H,3,21H2,1-2H3/b30-20-/t33-/m0/s1. The van der Waals surface area contributed by atoms with Crippen molar-refractivity contribution in [1.29, 1.82) is 0 Å². The first kappa shape index (κ1) is 31.9. The van der Waals surface area contributed by atoms with Crippen molar-refractivity contribution in [3.63, 3.8) is 0 Å². The van der Waals surface area contributed by atoms with Gasteiger partial charge < -0.3 is 9.47 Å². The number of hydrogen-bond acceptors (Lipinski definition) is 7. The van der Waals surface area contributed by atoms with Crippen LogP contribution in [0.1, 0.15) is 35.2 Å². The molecule has 4 aromatic carbocycles. The summed E-state index contributed by atoms with van der Waals surface area (Å²) in [7, 11) is 0. The highest BCUT2D eigenvalue weighted by Gasteiger charge is 2.35. The number of thioether (sulfide) groups is 1. The Morgan fingerprint density at radius 3 is 2.46 bits per heavy atom. The topological polar surface area (TPSA) is 69.9 Å². The van der Waals surface area contributed by atoms with E-state index in [0.29, 0.717) is 42.0 Å². The fraction of sp³-hybridized carbons (Fsp3) is 0.139. The van der Waals surface area contributed by atoms with E-state index < -0.39 is 12.0 Å². The van der Waals surface area contributed by atoms with E-state index in [2.05, 4.69) is 0 Å². The SMILES string of the molecule is CCOC(=O)C1=C(c2ccccc2)N=c2s/c(=C\c3cc(Cl)ccc3OCc3cccc(Cl)c3)c(=O)n2[C@H]1c1ccc(SC)cc1. The number of esters is 1. The maximum absolute atomic E-state index is 14.3. The molecule has 46 heavy (non-hydrogen) atoms. The number of rotatable bonds is 9. The van der Waals surface area contributed by atoms with Crippen molar-refractivity contribution in [2.45, 2.75) is 24.5 Å². The van der Waals surface area contributed by atoms with Gasteiger partial charge in [0.05, 0.1) is 28.5 Å². The fourth-order valence-corrected chi connectivity index (χ4v) is 7.03. The number of ether oxygens (including phenoxy) is 2. The highest BCUT2D eigenvalue weighted by atomic mass is 35.5. The number of carbonyl (C=O) groups excluding carboxylic acids is 1. The Morgan fingerprint density at radius 2 is 1.74 bits per heavy atom. The molecule has 0 unspecified atom stereocenters. The molecule has 0 spiro atoms. The first-order chi connectivity index (χ1) is 22.4. The lowest BCUT2D eigenvalue weighted by Gasteiger charge is -2.26. The van der Waals surface area contributed by atoms with Crippen LogP contribution in [-0.4, -0.2) is 23.4 Å². The Hall–Kier alpha value is -4.08. The second-order valence-corrected chi connectivity index (χ2v) is 13.1. The predicted molar refractivity (Wildman–Crippen MR) is 187 cm³/mol. The van der Waals surface area contributed by atoms with Gasteiger partial charge >= 0.3 is 5.97 Å². The largest absolute Gasteiger partial charge is 0.488 e. The summed E-state index contributed by atoms with van der Waals surface area (Å²) in [5, 5.41) is 1.12. The van der Waals surface area contributed by atoms with Crippen molar-refractivity contribution in [2.24, 2.45) is 4.99 Å². The number of thiazole rings is 1. The van der Waals surface area contributed by atoms with E-state index in [-0.39, 0.29) is 18.8 Å². The molecule has 0 aliphatic carbocycles. The number of fused-ring (bicyclic) bond motifs is 1. The summed E-state index contributed by atoms with van der Waals surface area (Å²) < 4.78 is 13.7. The van der Waals surface area contributed by atoms with E-state index in [1.807, 2.05) is 79.1 Å². The lowest BCUT2D eigenvalue weighted by atomic mass is 9.93. The minimum atomic E-state index is -0.763. The number of nitrogens with zero attached hydrogens (tertiary/aromatic N) is 2. The molecule has 2 heterocycles. The summed E-state index contributed by atoms with van der Waals surface area (Å²) >= 11 is 15.4. The van der Waals surface area contributed by atoms with Crippen LogP contribution in [0.2, 0.25) is 10.0 Å². The summed E-state index contributed by atoms with van der Waals surface area (Å²) in [4.78, 5) is 34.5. The van der Waals surface area contributed by atoms with Gasteiger partial charge in [0.15, 0.2) is 4.80 Å². The molecule has 0 saturated heterocycles. The molecule has 1 aliphatic heterocycles. The average molecular weight is 688 g/mol. The number of carbonyl (C=O) groups is 1. The first-order valence-corrected chi connectivity index (χ1v) is 17.2. The normalized spacial score (nSPS) is 14.5. The summed E-state index contributed by atoms with van der Waals surface area (Å²) in [6.07, 6.45) is 3.76. The number of aromatic nitrogens is 1. The van der Waals surface area contributed by atoms with Crippen molar-refractivity contribution in [2.75, 3.05) is 12.9 Å². The quantitative estimate of drug-likeness (QED) is 0.118. The van der Waals surface area contributed by atoms with Gasteiger partial charge in [0.25, 0.3) is 5.56 Å².